The minimum absolute atomic E-state index is 0.0765. The first-order valence-electron chi connectivity index (χ1n) is 3.78. The van der Waals surface area contributed by atoms with Crippen LogP contribution in [0.2, 0.25) is 6.32 Å². The summed E-state index contributed by atoms with van der Waals surface area (Å²) in [5.74, 6) is -0.294. The Hall–Kier alpha value is -0.545. The van der Waals surface area contributed by atoms with E-state index in [0.717, 1.165) is 0 Å². The minimum atomic E-state index is -0.383. The lowest BCUT2D eigenvalue weighted by Crippen LogP contribution is -2.45. The number of hydrogen-bond acceptors (Lipinski definition) is 3. The molecule has 0 saturated carbocycles. The molecular formula is C7H14BNO3. The number of amides is 1. The van der Waals surface area contributed by atoms with Crippen molar-refractivity contribution in [1.82, 2.24) is 5.32 Å². The zero-order valence-corrected chi connectivity index (χ0v) is 7.41. The highest BCUT2D eigenvalue weighted by atomic mass is 16.5. The SMILES string of the molecule is [B]CC(=O)N[C@@H](CO)[C@H](C)OC. The van der Waals surface area contributed by atoms with Gasteiger partial charge in [-0.15, -0.1) is 0 Å². The Bertz CT molecular complexity index is 143. The molecule has 0 aromatic rings. The first-order chi connectivity index (χ1) is 5.65. The highest BCUT2D eigenvalue weighted by Gasteiger charge is 2.16. The fourth-order valence-electron chi connectivity index (χ4n) is 0.741. The predicted octanol–water partition coefficient (Wildman–Crippen LogP) is -0.915. The summed E-state index contributed by atoms with van der Waals surface area (Å²) >= 11 is 0. The topological polar surface area (TPSA) is 58.6 Å². The molecule has 1 amide bonds. The van der Waals surface area contributed by atoms with Crippen LogP contribution in [-0.4, -0.2) is 44.7 Å². The molecular weight excluding hydrogens is 157 g/mol. The van der Waals surface area contributed by atoms with Gasteiger partial charge in [0.25, 0.3) is 0 Å². The fraction of sp³-hybridized carbons (Fsp3) is 0.857. The van der Waals surface area contributed by atoms with Gasteiger partial charge in [0.2, 0.25) is 5.91 Å². The Morgan fingerprint density at radius 1 is 1.75 bits per heavy atom. The largest absolute Gasteiger partial charge is 0.394 e. The van der Waals surface area contributed by atoms with E-state index < -0.39 is 0 Å². The monoisotopic (exact) mass is 171 g/mol. The Morgan fingerprint density at radius 3 is 2.67 bits per heavy atom. The first-order valence-corrected chi connectivity index (χ1v) is 3.78. The third-order valence-corrected chi connectivity index (χ3v) is 1.67. The molecule has 4 nitrogen and oxygen atoms in total. The average Bonchev–Trinajstić information content (AvgIpc) is 2.12. The van der Waals surface area contributed by atoms with Crippen LogP contribution in [0.1, 0.15) is 6.92 Å². The van der Waals surface area contributed by atoms with Crippen LogP contribution in [-0.2, 0) is 9.53 Å². The van der Waals surface area contributed by atoms with Gasteiger partial charge in [-0.3, -0.25) is 4.79 Å². The van der Waals surface area contributed by atoms with Crippen LogP contribution in [0.3, 0.4) is 0 Å². The molecule has 0 spiro atoms. The molecule has 68 valence electrons. The number of carbonyl (C=O) groups is 1. The third-order valence-electron chi connectivity index (χ3n) is 1.67. The van der Waals surface area contributed by atoms with Gasteiger partial charge in [-0.1, -0.05) is 0 Å². The maximum atomic E-state index is 10.8. The van der Waals surface area contributed by atoms with Crippen molar-refractivity contribution in [3.05, 3.63) is 0 Å². The van der Waals surface area contributed by atoms with E-state index in [1.807, 2.05) is 0 Å². The molecule has 2 atom stereocenters. The van der Waals surface area contributed by atoms with Crippen molar-refractivity contribution < 1.29 is 14.6 Å². The molecule has 0 aromatic heterocycles. The summed E-state index contributed by atoms with van der Waals surface area (Å²) in [4.78, 5) is 10.8. The van der Waals surface area contributed by atoms with Crippen molar-refractivity contribution in [2.75, 3.05) is 13.7 Å². The Kier molecular flexibility index (Phi) is 5.75. The molecule has 0 unspecified atom stereocenters. The molecule has 0 heterocycles. The van der Waals surface area contributed by atoms with Gasteiger partial charge < -0.3 is 15.2 Å². The molecule has 12 heavy (non-hydrogen) atoms. The number of ether oxygens (including phenoxy) is 1. The van der Waals surface area contributed by atoms with E-state index in [1.165, 1.54) is 7.11 Å². The average molecular weight is 171 g/mol. The molecule has 0 aliphatic rings. The van der Waals surface area contributed by atoms with Gasteiger partial charge in [0.05, 0.1) is 26.6 Å². The van der Waals surface area contributed by atoms with Gasteiger partial charge >= 0.3 is 0 Å². The number of rotatable bonds is 5. The van der Waals surface area contributed by atoms with Crippen molar-refractivity contribution in [1.29, 1.82) is 0 Å². The maximum Gasteiger partial charge on any atom is 0.211 e. The molecule has 5 heteroatoms. The third kappa shape index (κ3) is 3.73. The summed E-state index contributed by atoms with van der Waals surface area (Å²) in [6, 6.07) is -0.383. The molecule has 0 aliphatic heterocycles. The predicted molar refractivity (Wildman–Crippen MR) is 46.0 cm³/mol. The second-order valence-corrected chi connectivity index (χ2v) is 2.50. The van der Waals surface area contributed by atoms with Crippen molar-refractivity contribution >= 4 is 13.8 Å². The maximum absolute atomic E-state index is 10.8. The van der Waals surface area contributed by atoms with Crippen LogP contribution < -0.4 is 5.32 Å². The summed E-state index contributed by atoms with van der Waals surface area (Å²) in [5, 5.41) is 11.4. The highest BCUT2D eigenvalue weighted by molar-refractivity contribution is 6.19. The lowest BCUT2D eigenvalue weighted by molar-refractivity contribution is -0.121. The van der Waals surface area contributed by atoms with E-state index >= 15 is 0 Å². The first kappa shape index (κ1) is 11.5. The number of methoxy groups -OCH3 is 1. The Morgan fingerprint density at radius 2 is 2.33 bits per heavy atom. The molecule has 0 rings (SSSR count). The van der Waals surface area contributed by atoms with Gasteiger partial charge in [-0.2, -0.15) is 0 Å². The van der Waals surface area contributed by atoms with Gasteiger partial charge in [0.1, 0.15) is 0 Å². The molecule has 0 aromatic carbocycles. The number of nitrogens with one attached hydrogen (secondary N) is 1. The zero-order valence-electron chi connectivity index (χ0n) is 7.41. The Balaban J connectivity index is 3.90. The van der Waals surface area contributed by atoms with Crippen LogP contribution in [0.4, 0.5) is 0 Å². The molecule has 0 aliphatic carbocycles. The summed E-state index contributed by atoms with van der Waals surface area (Å²) in [5.41, 5.74) is 0. The molecule has 2 N–H and O–H groups in total. The molecule has 0 fully saturated rings. The summed E-state index contributed by atoms with van der Waals surface area (Å²) in [6.07, 6.45) is -0.294. The number of aliphatic hydroxyl groups is 1. The van der Waals surface area contributed by atoms with Crippen LogP contribution in [0, 0.1) is 0 Å². The zero-order chi connectivity index (χ0) is 9.56. The van der Waals surface area contributed by atoms with Gasteiger partial charge in [-0.25, -0.2) is 0 Å². The lowest BCUT2D eigenvalue weighted by atomic mass is 10.0. The normalized spacial score (nSPS) is 15.2. The lowest BCUT2D eigenvalue weighted by Gasteiger charge is -2.21. The van der Waals surface area contributed by atoms with Crippen molar-refractivity contribution in [3.8, 4) is 0 Å². The van der Waals surface area contributed by atoms with E-state index in [-0.39, 0.29) is 31.0 Å². The van der Waals surface area contributed by atoms with Gasteiger partial charge in [-0.05, 0) is 13.2 Å². The van der Waals surface area contributed by atoms with Gasteiger partial charge in [0.15, 0.2) is 0 Å². The van der Waals surface area contributed by atoms with E-state index in [2.05, 4.69) is 5.32 Å². The second kappa shape index (κ2) is 6.02. The quantitative estimate of drug-likeness (QED) is 0.526. The van der Waals surface area contributed by atoms with Crippen molar-refractivity contribution in [3.63, 3.8) is 0 Å². The second-order valence-electron chi connectivity index (χ2n) is 2.50. The summed E-state index contributed by atoms with van der Waals surface area (Å²) in [7, 11) is 6.60. The van der Waals surface area contributed by atoms with E-state index in [4.69, 9.17) is 17.7 Å². The minimum Gasteiger partial charge on any atom is -0.394 e. The number of carbonyl (C=O) groups excluding carboxylic acids is 1. The van der Waals surface area contributed by atoms with Crippen molar-refractivity contribution in [2.24, 2.45) is 0 Å². The van der Waals surface area contributed by atoms with E-state index in [9.17, 15) is 4.79 Å². The van der Waals surface area contributed by atoms with Crippen LogP contribution in [0.5, 0.6) is 0 Å². The van der Waals surface area contributed by atoms with E-state index in [0.29, 0.717) is 0 Å². The van der Waals surface area contributed by atoms with Crippen molar-refractivity contribution in [2.45, 2.75) is 25.4 Å². The van der Waals surface area contributed by atoms with Gasteiger partial charge in [0, 0.05) is 7.11 Å². The molecule has 0 saturated heterocycles. The number of aliphatic hydroxyl groups excluding tert-OH is 1. The van der Waals surface area contributed by atoms with Crippen LogP contribution in [0.15, 0.2) is 0 Å². The molecule has 2 radical (unpaired) electrons. The number of hydrogen-bond donors (Lipinski definition) is 2. The smallest absolute Gasteiger partial charge is 0.211 e. The highest BCUT2D eigenvalue weighted by Crippen LogP contribution is 1.96. The van der Waals surface area contributed by atoms with E-state index in [1.54, 1.807) is 6.92 Å². The standard InChI is InChI=1S/C7H14BNO3/c1-5(12-2)6(4-10)9-7(11)3-8/h5-6,10H,3-4H2,1-2H3,(H,9,11)/t5-,6-/m0/s1. The van der Waals surface area contributed by atoms with Crippen LogP contribution >= 0.6 is 0 Å². The fourth-order valence-corrected chi connectivity index (χ4v) is 0.741. The van der Waals surface area contributed by atoms with Crippen LogP contribution in [0.25, 0.3) is 0 Å². The summed E-state index contributed by atoms with van der Waals surface area (Å²) < 4.78 is 4.93. The molecule has 0 bridgehead atoms. The summed E-state index contributed by atoms with van der Waals surface area (Å²) in [6.45, 7) is 1.61. The Labute approximate surface area is 73.7 Å².